The molecule has 21 heavy (non-hydrogen) atoms. The van der Waals surface area contributed by atoms with E-state index in [1.54, 1.807) is 20.3 Å². The largest absolute Gasteiger partial charge is 0.385 e. The van der Waals surface area contributed by atoms with E-state index in [9.17, 15) is 0 Å². The maximum Gasteiger partial charge on any atom is 0.0589 e. The van der Waals surface area contributed by atoms with E-state index < -0.39 is 0 Å². The van der Waals surface area contributed by atoms with E-state index >= 15 is 0 Å². The Hall–Kier alpha value is -0.360. The van der Waals surface area contributed by atoms with Crippen molar-refractivity contribution in [2.45, 2.75) is 12.5 Å². The lowest BCUT2D eigenvalue weighted by molar-refractivity contribution is 0.108. The van der Waals surface area contributed by atoms with Gasteiger partial charge in [0.2, 0.25) is 0 Å². The molecule has 0 fully saturated rings. The van der Waals surface area contributed by atoms with Crippen molar-refractivity contribution in [3.8, 4) is 0 Å². The molecule has 0 saturated heterocycles. The Morgan fingerprint density at radius 1 is 1.14 bits per heavy atom. The molecule has 0 aliphatic heterocycles. The van der Waals surface area contributed by atoms with Crippen LogP contribution in [-0.4, -0.2) is 52.0 Å². The monoisotopic (exact) mass is 334 g/mol. The zero-order valence-electron chi connectivity index (χ0n) is 12.6. The van der Waals surface area contributed by atoms with Crippen molar-refractivity contribution in [2.24, 2.45) is 5.73 Å². The van der Waals surface area contributed by atoms with Gasteiger partial charge >= 0.3 is 0 Å². The number of methoxy groups -OCH3 is 2. The van der Waals surface area contributed by atoms with E-state index in [-0.39, 0.29) is 6.04 Å². The van der Waals surface area contributed by atoms with Crippen LogP contribution in [0, 0.1) is 0 Å². The molecule has 0 amide bonds. The fourth-order valence-corrected chi connectivity index (χ4v) is 2.82. The molecule has 0 aromatic heterocycles. The predicted octanol–water partition coefficient (Wildman–Crippen LogP) is 2.98. The summed E-state index contributed by atoms with van der Waals surface area (Å²) in [5.41, 5.74) is 6.98. The third-order valence-corrected chi connectivity index (χ3v) is 3.92. The molecule has 4 nitrogen and oxygen atoms in total. The molecule has 6 heteroatoms. The highest BCUT2D eigenvalue weighted by Gasteiger charge is 2.21. The summed E-state index contributed by atoms with van der Waals surface area (Å²) < 4.78 is 10.3. The maximum absolute atomic E-state index is 6.32. The second kappa shape index (κ2) is 10.4. The van der Waals surface area contributed by atoms with Crippen LogP contribution in [0.4, 0.5) is 0 Å². The number of halogens is 2. The lowest BCUT2D eigenvalue weighted by Crippen LogP contribution is -2.37. The van der Waals surface area contributed by atoms with Crippen molar-refractivity contribution < 1.29 is 9.47 Å². The van der Waals surface area contributed by atoms with Crippen molar-refractivity contribution >= 4 is 23.2 Å². The first-order chi connectivity index (χ1) is 10.1. The third kappa shape index (κ3) is 6.10. The van der Waals surface area contributed by atoms with Gasteiger partial charge in [-0.1, -0.05) is 29.3 Å². The molecule has 0 heterocycles. The highest BCUT2D eigenvalue weighted by molar-refractivity contribution is 6.35. The summed E-state index contributed by atoms with van der Waals surface area (Å²) in [6.07, 6.45) is 0.932. The minimum atomic E-state index is 0.0433. The van der Waals surface area contributed by atoms with E-state index in [0.29, 0.717) is 23.2 Å². The lowest BCUT2D eigenvalue weighted by atomic mass is 10.0. The summed E-state index contributed by atoms with van der Waals surface area (Å²) >= 11 is 12.3. The number of hydrogen-bond acceptors (Lipinski definition) is 4. The van der Waals surface area contributed by atoms with Gasteiger partial charge in [0, 0.05) is 56.5 Å². The molecule has 120 valence electrons. The summed E-state index contributed by atoms with van der Waals surface area (Å²) in [5, 5.41) is 1.27. The summed E-state index contributed by atoms with van der Waals surface area (Å²) in [5.74, 6) is 0. The van der Waals surface area contributed by atoms with Crippen LogP contribution in [0.1, 0.15) is 18.0 Å². The molecule has 0 aliphatic rings. The number of nitrogens with zero attached hydrogens (tertiary/aromatic N) is 1. The van der Waals surface area contributed by atoms with Crippen molar-refractivity contribution in [1.29, 1.82) is 0 Å². The van der Waals surface area contributed by atoms with Gasteiger partial charge in [-0.15, -0.1) is 0 Å². The number of hydrogen-bond donors (Lipinski definition) is 1. The van der Waals surface area contributed by atoms with Crippen LogP contribution in [0.2, 0.25) is 10.0 Å². The van der Waals surface area contributed by atoms with Crippen LogP contribution in [-0.2, 0) is 9.47 Å². The first kappa shape index (κ1) is 18.7. The molecule has 1 unspecified atom stereocenters. The molecule has 1 aromatic carbocycles. The van der Waals surface area contributed by atoms with E-state index in [4.69, 9.17) is 38.4 Å². The second-order valence-corrected chi connectivity index (χ2v) is 5.64. The summed E-state index contributed by atoms with van der Waals surface area (Å²) in [6, 6.07) is 5.58. The molecule has 1 atom stereocenters. The van der Waals surface area contributed by atoms with Crippen LogP contribution >= 0.6 is 23.2 Å². The molecule has 0 radical (unpaired) electrons. The van der Waals surface area contributed by atoms with Gasteiger partial charge in [0.25, 0.3) is 0 Å². The number of rotatable bonds is 10. The number of benzene rings is 1. The lowest BCUT2D eigenvalue weighted by Gasteiger charge is -2.31. The summed E-state index contributed by atoms with van der Waals surface area (Å²) in [6.45, 7) is 3.51. The molecule has 1 rings (SSSR count). The molecular formula is C15H24Cl2N2O2. The Morgan fingerprint density at radius 3 is 2.43 bits per heavy atom. The van der Waals surface area contributed by atoms with Crippen LogP contribution in [0.3, 0.4) is 0 Å². The average Bonchev–Trinajstić information content (AvgIpc) is 2.46. The molecule has 0 spiro atoms. The van der Waals surface area contributed by atoms with Gasteiger partial charge in [-0.25, -0.2) is 0 Å². The van der Waals surface area contributed by atoms with Crippen molar-refractivity contribution in [3.05, 3.63) is 33.8 Å². The fourth-order valence-electron chi connectivity index (χ4n) is 2.29. The molecule has 1 aromatic rings. The standard InChI is InChI=1S/C15H24Cl2N2O2/c1-20-8-3-6-19(7-9-21-2)15(11-18)13-5-4-12(16)10-14(13)17/h4-5,10,15H,3,6-9,11,18H2,1-2H3. The molecule has 2 N–H and O–H groups in total. The van der Waals surface area contributed by atoms with E-state index in [1.807, 2.05) is 12.1 Å². The van der Waals surface area contributed by atoms with Gasteiger partial charge in [0.15, 0.2) is 0 Å². The summed E-state index contributed by atoms with van der Waals surface area (Å²) in [7, 11) is 3.40. The molecule has 0 aliphatic carbocycles. The molecule has 0 saturated carbocycles. The van der Waals surface area contributed by atoms with E-state index in [0.717, 1.165) is 31.7 Å². The number of nitrogens with two attached hydrogens (primary N) is 1. The van der Waals surface area contributed by atoms with Crippen LogP contribution in [0.5, 0.6) is 0 Å². The Morgan fingerprint density at radius 2 is 1.86 bits per heavy atom. The zero-order chi connectivity index (χ0) is 15.7. The minimum Gasteiger partial charge on any atom is -0.385 e. The normalized spacial score (nSPS) is 12.9. The number of ether oxygens (including phenoxy) is 2. The molecule has 0 bridgehead atoms. The van der Waals surface area contributed by atoms with Gasteiger partial charge < -0.3 is 15.2 Å². The average molecular weight is 335 g/mol. The quantitative estimate of drug-likeness (QED) is 0.668. The smallest absolute Gasteiger partial charge is 0.0589 e. The van der Waals surface area contributed by atoms with Crippen molar-refractivity contribution in [2.75, 3.05) is 47.1 Å². The van der Waals surface area contributed by atoms with E-state index in [2.05, 4.69) is 4.90 Å². The van der Waals surface area contributed by atoms with Gasteiger partial charge in [0.1, 0.15) is 0 Å². The summed E-state index contributed by atoms with van der Waals surface area (Å²) in [4.78, 5) is 2.28. The highest BCUT2D eigenvalue weighted by Crippen LogP contribution is 2.29. The zero-order valence-corrected chi connectivity index (χ0v) is 14.2. The van der Waals surface area contributed by atoms with Gasteiger partial charge in [-0.05, 0) is 24.1 Å². The van der Waals surface area contributed by atoms with Crippen molar-refractivity contribution in [1.82, 2.24) is 4.90 Å². The second-order valence-electron chi connectivity index (χ2n) is 4.79. The topological polar surface area (TPSA) is 47.7 Å². The fraction of sp³-hybridized carbons (Fsp3) is 0.600. The first-order valence-electron chi connectivity index (χ1n) is 7.01. The third-order valence-electron chi connectivity index (χ3n) is 3.36. The Labute approximate surface area is 137 Å². The van der Waals surface area contributed by atoms with Gasteiger partial charge in [-0.3, -0.25) is 4.90 Å². The Kier molecular flexibility index (Phi) is 9.24. The van der Waals surface area contributed by atoms with Crippen LogP contribution in [0.15, 0.2) is 18.2 Å². The van der Waals surface area contributed by atoms with Gasteiger partial charge in [0.05, 0.1) is 6.61 Å². The SMILES string of the molecule is COCCCN(CCOC)C(CN)c1ccc(Cl)cc1Cl. The Bertz CT molecular complexity index is 419. The predicted molar refractivity (Wildman–Crippen MR) is 88.2 cm³/mol. The van der Waals surface area contributed by atoms with Gasteiger partial charge in [-0.2, -0.15) is 0 Å². The van der Waals surface area contributed by atoms with Crippen LogP contribution < -0.4 is 5.73 Å². The first-order valence-corrected chi connectivity index (χ1v) is 7.76. The maximum atomic E-state index is 6.32. The van der Waals surface area contributed by atoms with E-state index in [1.165, 1.54) is 0 Å². The van der Waals surface area contributed by atoms with Crippen LogP contribution in [0.25, 0.3) is 0 Å². The Balaban J connectivity index is 2.87. The highest BCUT2D eigenvalue weighted by atomic mass is 35.5. The molecular weight excluding hydrogens is 311 g/mol. The van der Waals surface area contributed by atoms with Crippen molar-refractivity contribution in [3.63, 3.8) is 0 Å². The minimum absolute atomic E-state index is 0.0433.